The van der Waals surface area contributed by atoms with Crippen LogP contribution in [0.1, 0.15) is 17.7 Å². The second kappa shape index (κ2) is 7.67. The van der Waals surface area contributed by atoms with Crippen LogP contribution in [-0.4, -0.2) is 35.7 Å². The molecule has 2 saturated heterocycles. The highest BCUT2D eigenvalue weighted by Crippen LogP contribution is 2.27. The summed E-state index contributed by atoms with van der Waals surface area (Å²) >= 11 is 0. The van der Waals surface area contributed by atoms with E-state index in [-0.39, 0.29) is 24.8 Å². The van der Waals surface area contributed by atoms with Crippen LogP contribution < -0.4 is 5.32 Å². The molecule has 0 unspecified atom stereocenters. The number of halogens is 2. The number of rotatable bonds is 3. The highest BCUT2D eigenvalue weighted by atomic mass is 35.5. The van der Waals surface area contributed by atoms with Crippen molar-refractivity contribution in [2.45, 2.75) is 25.9 Å². The molecule has 0 saturated carbocycles. The summed E-state index contributed by atoms with van der Waals surface area (Å²) in [7, 11) is 0. The zero-order valence-electron chi connectivity index (χ0n) is 13.2. The van der Waals surface area contributed by atoms with Crippen LogP contribution in [0.4, 0.5) is 0 Å². The average Bonchev–Trinajstić information content (AvgIpc) is 3.16. The van der Waals surface area contributed by atoms with Gasteiger partial charge in [0.2, 0.25) is 0 Å². The lowest BCUT2D eigenvalue weighted by Crippen LogP contribution is -2.29. The Balaban J connectivity index is 0.000000960. The maximum atomic E-state index is 5.52. The molecular formula is C17H23Cl2N3O. The first-order valence-corrected chi connectivity index (χ1v) is 7.76. The van der Waals surface area contributed by atoms with E-state index in [1.54, 1.807) is 0 Å². The summed E-state index contributed by atoms with van der Waals surface area (Å²) in [6, 6.07) is 11.2. The summed E-state index contributed by atoms with van der Waals surface area (Å²) in [4.78, 5) is 2.47. The second-order valence-electron chi connectivity index (χ2n) is 6.35. The smallest absolute Gasteiger partial charge is 0.151 e. The van der Waals surface area contributed by atoms with Crippen molar-refractivity contribution >= 4 is 24.8 Å². The number of nitrogens with one attached hydrogen (secondary N) is 1. The molecule has 1 N–H and O–H groups in total. The van der Waals surface area contributed by atoms with Crippen LogP contribution in [0.15, 0.2) is 34.9 Å². The molecule has 1 aromatic carbocycles. The molecule has 0 amide bonds. The minimum Gasteiger partial charge on any atom is -0.359 e. The topological polar surface area (TPSA) is 41.3 Å². The predicted molar refractivity (Wildman–Crippen MR) is 96.3 cm³/mol. The molecule has 4 rings (SSSR count). The molecule has 126 valence electrons. The normalized spacial score (nSPS) is 23.2. The molecule has 2 atom stereocenters. The fraction of sp³-hybridized carbons (Fsp3) is 0.471. The number of hydrogen-bond acceptors (Lipinski definition) is 4. The zero-order valence-corrected chi connectivity index (χ0v) is 14.8. The van der Waals surface area contributed by atoms with E-state index in [2.05, 4.69) is 52.6 Å². The van der Waals surface area contributed by atoms with Gasteiger partial charge in [0.15, 0.2) is 5.76 Å². The molecule has 2 aliphatic heterocycles. The summed E-state index contributed by atoms with van der Waals surface area (Å²) in [6.07, 6.45) is 1.31. The highest BCUT2D eigenvalue weighted by Gasteiger charge is 2.36. The van der Waals surface area contributed by atoms with Gasteiger partial charge in [-0.05, 0) is 25.8 Å². The molecular weight excluding hydrogens is 333 g/mol. The first-order valence-electron chi connectivity index (χ1n) is 7.76. The van der Waals surface area contributed by atoms with E-state index in [4.69, 9.17) is 4.52 Å². The lowest BCUT2D eigenvalue weighted by atomic mass is 10.1. The molecule has 2 aliphatic rings. The van der Waals surface area contributed by atoms with Crippen molar-refractivity contribution in [1.29, 1.82) is 0 Å². The van der Waals surface area contributed by atoms with Crippen LogP contribution in [0.3, 0.4) is 0 Å². The van der Waals surface area contributed by atoms with Gasteiger partial charge >= 0.3 is 0 Å². The van der Waals surface area contributed by atoms with Crippen LogP contribution in [0, 0.1) is 12.8 Å². The Morgan fingerprint density at radius 1 is 1.22 bits per heavy atom. The average molecular weight is 356 g/mol. The Morgan fingerprint density at radius 3 is 2.74 bits per heavy atom. The Bertz CT molecular complexity index is 617. The van der Waals surface area contributed by atoms with Gasteiger partial charge in [0, 0.05) is 30.8 Å². The van der Waals surface area contributed by atoms with Crippen LogP contribution >= 0.6 is 24.8 Å². The zero-order chi connectivity index (χ0) is 14.2. The lowest BCUT2D eigenvalue weighted by Gasteiger charge is -2.14. The van der Waals surface area contributed by atoms with E-state index in [9.17, 15) is 0 Å². The third-order valence-electron chi connectivity index (χ3n) is 4.72. The maximum absolute atomic E-state index is 5.52. The molecule has 0 bridgehead atoms. The number of hydrogen-bond donors (Lipinski definition) is 1. The third kappa shape index (κ3) is 3.89. The SMILES string of the molecule is Cc1ccc(-c2cc(CN3C[C@@H]4CCN[C@@H]4C3)on2)cc1.Cl.Cl. The number of aryl methyl sites for hydroxylation is 1. The monoisotopic (exact) mass is 355 g/mol. The Kier molecular flexibility index (Phi) is 6.09. The first kappa shape index (κ1) is 18.3. The fourth-order valence-electron chi connectivity index (χ4n) is 3.54. The summed E-state index contributed by atoms with van der Waals surface area (Å²) in [5.41, 5.74) is 3.32. The van der Waals surface area contributed by atoms with E-state index in [1.165, 1.54) is 25.1 Å². The molecule has 2 aromatic rings. The third-order valence-corrected chi connectivity index (χ3v) is 4.72. The van der Waals surface area contributed by atoms with Crippen molar-refractivity contribution in [3.63, 3.8) is 0 Å². The standard InChI is InChI=1S/C17H21N3O.2ClH/c1-12-2-4-13(5-3-12)16-8-15(21-19-16)10-20-9-14-6-7-18-17(14)11-20;;/h2-5,8,14,17-18H,6-7,9-11H2,1H3;2*1H/t14-,17+;;/m0../s1. The van der Waals surface area contributed by atoms with Crippen LogP contribution in [-0.2, 0) is 6.54 Å². The summed E-state index contributed by atoms with van der Waals surface area (Å²) in [6.45, 7) is 6.45. The van der Waals surface area contributed by atoms with Crippen molar-refractivity contribution in [1.82, 2.24) is 15.4 Å². The van der Waals surface area contributed by atoms with E-state index < -0.39 is 0 Å². The van der Waals surface area contributed by atoms with E-state index in [1.807, 2.05) is 0 Å². The summed E-state index contributed by atoms with van der Waals surface area (Å²) in [5.74, 6) is 1.79. The van der Waals surface area contributed by atoms with Crippen LogP contribution in [0.25, 0.3) is 11.3 Å². The number of fused-ring (bicyclic) bond motifs is 1. The number of likely N-dealkylation sites (tertiary alicyclic amines) is 1. The first-order chi connectivity index (χ1) is 10.3. The van der Waals surface area contributed by atoms with Gasteiger partial charge in [-0.15, -0.1) is 24.8 Å². The molecule has 0 spiro atoms. The molecule has 23 heavy (non-hydrogen) atoms. The van der Waals surface area contributed by atoms with Crippen molar-refractivity contribution in [2.24, 2.45) is 5.92 Å². The van der Waals surface area contributed by atoms with Gasteiger partial charge in [-0.2, -0.15) is 0 Å². The highest BCUT2D eigenvalue weighted by molar-refractivity contribution is 5.85. The molecule has 2 fully saturated rings. The molecule has 0 aliphatic carbocycles. The van der Waals surface area contributed by atoms with E-state index >= 15 is 0 Å². The minimum absolute atomic E-state index is 0. The number of nitrogens with zero attached hydrogens (tertiary/aromatic N) is 2. The Morgan fingerprint density at radius 2 is 2.00 bits per heavy atom. The van der Waals surface area contributed by atoms with Gasteiger partial charge in [-0.1, -0.05) is 35.0 Å². The van der Waals surface area contributed by atoms with Crippen molar-refractivity contribution in [2.75, 3.05) is 19.6 Å². The number of aromatic nitrogens is 1. The summed E-state index contributed by atoms with van der Waals surface area (Å²) in [5, 5.41) is 7.80. The maximum Gasteiger partial charge on any atom is 0.151 e. The lowest BCUT2D eigenvalue weighted by molar-refractivity contribution is 0.260. The van der Waals surface area contributed by atoms with Crippen molar-refractivity contribution in [3.8, 4) is 11.3 Å². The van der Waals surface area contributed by atoms with Gasteiger partial charge in [0.05, 0.1) is 6.54 Å². The van der Waals surface area contributed by atoms with E-state index in [0.717, 1.165) is 36.0 Å². The van der Waals surface area contributed by atoms with Crippen molar-refractivity contribution < 1.29 is 4.52 Å². The Hall–Kier alpha value is -1.07. The van der Waals surface area contributed by atoms with E-state index in [0.29, 0.717) is 6.04 Å². The molecule has 4 nitrogen and oxygen atoms in total. The quantitative estimate of drug-likeness (QED) is 0.916. The molecule has 6 heteroatoms. The number of benzene rings is 1. The van der Waals surface area contributed by atoms with Gasteiger partial charge < -0.3 is 9.84 Å². The molecule has 0 radical (unpaired) electrons. The van der Waals surface area contributed by atoms with Gasteiger partial charge in [-0.25, -0.2) is 0 Å². The van der Waals surface area contributed by atoms with Crippen LogP contribution in [0.2, 0.25) is 0 Å². The van der Waals surface area contributed by atoms with Crippen LogP contribution in [0.5, 0.6) is 0 Å². The second-order valence-corrected chi connectivity index (χ2v) is 6.35. The molecule has 1 aromatic heterocycles. The van der Waals surface area contributed by atoms with Gasteiger partial charge in [0.1, 0.15) is 5.69 Å². The minimum atomic E-state index is 0. The van der Waals surface area contributed by atoms with Gasteiger partial charge in [0.25, 0.3) is 0 Å². The van der Waals surface area contributed by atoms with Crippen molar-refractivity contribution in [3.05, 3.63) is 41.7 Å². The summed E-state index contributed by atoms with van der Waals surface area (Å²) < 4.78 is 5.52. The largest absolute Gasteiger partial charge is 0.359 e. The Labute approximate surface area is 149 Å². The predicted octanol–water partition coefficient (Wildman–Crippen LogP) is 3.29. The van der Waals surface area contributed by atoms with Gasteiger partial charge in [-0.3, -0.25) is 4.90 Å². The molecule has 3 heterocycles. The fourth-order valence-corrected chi connectivity index (χ4v) is 3.54.